The Bertz CT molecular complexity index is 1300. The molecule has 0 aliphatic carbocycles. The number of hydrogen-bond acceptors (Lipinski definition) is 5. The number of anilines is 2. The van der Waals surface area contributed by atoms with E-state index in [1.807, 2.05) is 32.0 Å². The number of amides is 2. The fourth-order valence-electron chi connectivity index (χ4n) is 3.52. The molecule has 0 unspecified atom stereocenters. The van der Waals surface area contributed by atoms with Crippen LogP contribution in [-0.2, 0) is 9.59 Å². The number of halogens is 1. The molecule has 2 amide bonds. The van der Waals surface area contributed by atoms with Crippen LogP contribution in [0.4, 0.5) is 21.5 Å². The van der Waals surface area contributed by atoms with Gasteiger partial charge in [-0.3, -0.25) is 19.7 Å². The molecule has 0 atom stereocenters. The van der Waals surface area contributed by atoms with Crippen molar-refractivity contribution >= 4 is 34.4 Å². The van der Waals surface area contributed by atoms with Gasteiger partial charge in [0.25, 0.3) is 17.5 Å². The maximum absolute atomic E-state index is 14.5. The van der Waals surface area contributed by atoms with Crippen LogP contribution in [0, 0.1) is 29.8 Å². The van der Waals surface area contributed by atoms with Crippen LogP contribution >= 0.6 is 0 Å². The first kappa shape index (κ1) is 20.9. The molecular formula is C24H18FN3O4. The van der Waals surface area contributed by atoms with Gasteiger partial charge in [-0.25, -0.2) is 9.29 Å². The van der Waals surface area contributed by atoms with Gasteiger partial charge in [0.1, 0.15) is 11.5 Å². The third-order valence-corrected chi connectivity index (χ3v) is 5.20. The van der Waals surface area contributed by atoms with Crippen molar-refractivity contribution in [1.82, 2.24) is 0 Å². The summed E-state index contributed by atoms with van der Waals surface area (Å²) in [5.41, 5.74) is 2.38. The van der Waals surface area contributed by atoms with Gasteiger partial charge in [0, 0.05) is 17.8 Å². The Morgan fingerprint density at radius 2 is 1.62 bits per heavy atom. The normalized spacial score (nSPS) is 13.7. The van der Waals surface area contributed by atoms with Crippen LogP contribution in [0.25, 0.3) is 5.57 Å². The van der Waals surface area contributed by atoms with Gasteiger partial charge in [-0.2, -0.15) is 0 Å². The van der Waals surface area contributed by atoms with Crippen molar-refractivity contribution in [2.75, 3.05) is 10.2 Å². The molecule has 1 N–H and O–H groups in total. The molecule has 3 aromatic carbocycles. The van der Waals surface area contributed by atoms with Crippen LogP contribution in [0.3, 0.4) is 0 Å². The van der Waals surface area contributed by atoms with Crippen LogP contribution in [-0.4, -0.2) is 16.7 Å². The van der Waals surface area contributed by atoms with Gasteiger partial charge in [-0.15, -0.1) is 0 Å². The van der Waals surface area contributed by atoms with Crippen molar-refractivity contribution in [3.8, 4) is 0 Å². The van der Waals surface area contributed by atoms with Crippen molar-refractivity contribution in [3.63, 3.8) is 0 Å². The molecule has 1 aliphatic rings. The molecule has 0 spiro atoms. The summed E-state index contributed by atoms with van der Waals surface area (Å²) in [4.78, 5) is 37.9. The summed E-state index contributed by atoms with van der Waals surface area (Å²) >= 11 is 0. The fourth-order valence-corrected chi connectivity index (χ4v) is 3.52. The lowest BCUT2D eigenvalue weighted by Gasteiger charge is -2.16. The molecule has 0 saturated heterocycles. The minimum atomic E-state index is -0.721. The average Bonchev–Trinajstić information content (AvgIpc) is 3.00. The molecule has 7 nitrogen and oxygen atoms in total. The highest BCUT2D eigenvalue weighted by Crippen LogP contribution is 2.35. The highest BCUT2D eigenvalue weighted by Gasteiger charge is 2.41. The van der Waals surface area contributed by atoms with Crippen molar-refractivity contribution in [2.45, 2.75) is 13.8 Å². The van der Waals surface area contributed by atoms with E-state index >= 15 is 0 Å². The molecule has 160 valence electrons. The minimum Gasteiger partial charge on any atom is -0.350 e. The van der Waals surface area contributed by atoms with Gasteiger partial charge < -0.3 is 5.32 Å². The Labute approximate surface area is 182 Å². The predicted octanol–water partition coefficient (Wildman–Crippen LogP) is 4.75. The van der Waals surface area contributed by atoms with Crippen LogP contribution in [0.5, 0.6) is 0 Å². The number of rotatable bonds is 5. The lowest BCUT2D eigenvalue weighted by atomic mass is 10.0. The van der Waals surface area contributed by atoms with Crippen molar-refractivity contribution in [1.29, 1.82) is 0 Å². The summed E-state index contributed by atoms with van der Waals surface area (Å²) in [6.45, 7) is 3.74. The highest BCUT2D eigenvalue weighted by atomic mass is 19.1. The number of carbonyl (C=O) groups is 2. The van der Waals surface area contributed by atoms with E-state index in [0.717, 1.165) is 22.1 Å². The van der Waals surface area contributed by atoms with E-state index in [-0.39, 0.29) is 22.6 Å². The molecule has 0 radical (unpaired) electrons. The van der Waals surface area contributed by atoms with Crippen molar-refractivity contribution in [2.24, 2.45) is 0 Å². The fraction of sp³-hybridized carbons (Fsp3) is 0.0833. The smallest absolute Gasteiger partial charge is 0.282 e. The second-order valence-corrected chi connectivity index (χ2v) is 7.39. The van der Waals surface area contributed by atoms with Crippen LogP contribution in [0.1, 0.15) is 16.7 Å². The topological polar surface area (TPSA) is 92.6 Å². The van der Waals surface area contributed by atoms with E-state index in [1.165, 1.54) is 42.5 Å². The summed E-state index contributed by atoms with van der Waals surface area (Å²) < 4.78 is 14.5. The molecule has 1 aliphatic heterocycles. The average molecular weight is 431 g/mol. The van der Waals surface area contributed by atoms with Gasteiger partial charge in [0.05, 0.1) is 16.2 Å². The number of nitro groups is 1. The minimum absolute atomic E-state index is 0.00839. The van der Waals surface area contributed by atoms with Gasteiger partial charge in [0.2, 0.25) is 0 Å². The lowest BCUT2D eigenvalue weighted by Crippen LogP contribution is -2.33. The monoisotopic (exact) mass is 431 g/mol. The first-order chi connectivity index (χ1) is 15.3. The molecule has 0 fully saturated rings. The van der Waals surface area contributed by atoms with Crippen LogP contribution in [0.2, 0.25) is 0 Å². The van der Waals surface area contributed by atoms with Crippen LogP contribution < -0.4 is 10.2 Å². The zero-order chi connectivity index (χ0) is 23.0. The predicted molar refractivity (Wildman–Crippen MR) is 118 cm³/mol. The Hall–Kier alpha value is -4.33. The van der Waals surface area contributed by atoms with Crippen molar-refractivity contribution in [3.05, 3.63) is 105 Å². The quantitative estimate of drug-likeness (QED) is 0.358. The Balaban J connectivity index is 1.86. The third kappa shape index (κ3) is 3.62. The van der Waals surface area contributed by atoms with E-state index in [4.69, 9.17) is 0 Å². The highest BCUT2D eigenvalue weighted by molar-refractivity contribution is 6.46. The summed E-state index contributed by atoms with van der Waals surface area (Å²) in [7, 11) is 0. The summed E-state index contributed by atoms with van der Waals surface area (Å²) in [5, 5.41) is 14.1. The number of benzene rings is 3. The number of nitrogens with zero attached hydrogens (tertiary/aromatic N) is 2. The van der Waals surface area contributed by atoms with Crippen LogP contribution in [0.15, 0.2) is 72.4 Å². The lowest BCUT2D eigenvalue weighted by molar-refractivity contribution is -0.384. The number of non-ortho nitro benzene ring substituents is 1. The first-order valence-corrected chi connectivity index (χ1v) is 9.74. The molecule has 3 aromatic rings. The van der Waals surface area contributed by atoms with Gasteiger partial charge in [-0.1, -0.05) is 24.3 Å². The Morgan fingerprint density at radius 1 is 0.938 bits per heavy atom. The maximum atomic E-state index is 14.5. The second-order valence-electron chi connectivity index (χ2n) is 7.39. The summed E-state index contributed by atoms with van der Waals surface area (Å²) in [6.07, 6.45) is 0. The molecule has 4 rings (SSSR count). The maximum Gasteiger partial charge on any atom is 0.282 e. The van der Waals surface area contributed by atoms with Gasteiger partial charge >= 0.3 is 0 Å². The van der Waals surface area contributed by atoms with E-state index in [2.05, 4.69) is 5.32 Å². The molecular weight excluding hydrogens is 413 g/mol. The first-order valence-electron chi connectivity index (χ1n) is 9.74. The molecule has 1 heterocycles. The number of para-hydroxylation sites is 1. The number of aryl methyl sites for hydroxylation is 2. The van der Waals surface area contributed by atoms with Gasteiger partial charge in [-0.05, 0) is 60.9 Å². The number of nitro benzene ring substituents is 1. The zero-order valence-electron chi connectivity index (χ0n) is 17.3. The molecule has 32 heavy (non-hydrogen) atoms. The second kappa shape index (κ2) is 8.07. The van der Waals surface area contributed by atoms with E-state index < -0.39 is 22.6 Å². The SMILES string of the molecule is Cc1ccc(C)c(NC2=C(c3ccc([N+](=O)[O-])cc3)C(=O)N(c3ccccc3F)C2=O)c1. The molecule has 8 heteroatoms. The Morgan fingerprint density at radius 3 is 2.28 bits per heavy atom. The van der Waals surface area contributed by atoms with E-state index in [0.29, 0.717) is 11.3 Å². The zero-order valence-corrected chi connectivity index (χ0v) is 17.3. The molecule has 0 saturated carbocycles. The summed E-state index contributed by atoms with van der Waals surface area (Å²) in [6, 6.07) is 16.4. The Kier molecular flexibility index (Phi) is 5.28. The largest absolute Gasteiger partial charge is 0.350 e. The number of hydrogen-bond donors (Lipinski definition) is 1. The third-order valence-electron chi connectivity index (χ3n) is 5.20. The number of nitrogens with one attached hydrogen (secondary N) is 1. The number of imide groups is 1. The molecule has 0 bridgehead atoms. The summed E-state index contributed by atoms with van der Waals surface area (Å²) in [5.74, 6) is -2.15. The van der Waals surface area contributed by atoms with E-state index in [1.54, 1.807) is 0 Å². The number of carbonyl (C=O) groups excluding carboxylic acids is 2. The standard InChI is InChI=1S/C24H18FN3O4/c1-14-7-8-15(2)19(13-14)26-22-21(16-9-11-17(12-10-16)28(31)32)23(29)27(24(22)30)20-6-4-3-5-18(20)25/h3-13,26H,1-2H3. The molecule has 0 aromatic heterocycles. The van der Waals surface area contributed by atoms with Crippen molar-refractivity contribution < 1.29 is 18.9 Å². The van der Waals surface area contributed by atoms with E-state index in [9.17, 15) is 24.1 Å². The van der Waals surface area contributed by atoms with Gasteiger partial charge in [0.15, 0.2) is 0 Å².